The van der Waals surface area contributed by atoms with E-state index in [4.69, 9.17) is 4.74 Å². The molecule has 1 N–H and O–H groups in total. The van der Waals surface area contributed by atoms with Gasteiger partial charge in [-0.1, -0.05) is 30.3 Å². The highest BCUT2D eigenvalue weighted by Crippen LogP contribution is 2.33. The molecule has 4 rings (SSSR count). The lowest BCUT2D eigenvalue weighted by Crippen LogP contribution is -2.44. The topological polar surface area (TPSA) is 75.7 Å². The Morgan fingerprint density at radius 3 is 2.53 bits per heavy atom. The Balaban J connectivity index is 1.21. The van der Waals surface area contributed by atoms with Crippen molar-refractivity contribution in [1.29, 1.82) is 0 Å². The molecule has 1 aliphatic carbocycles. The highest BCUT2D eigenvalue weighted by Gasteiger charge is 2.30. The van der Waals surface area contributed by atoms with E-state index in [2.05, 4.69) is 4.83 Å². The lowest BCUT2D eigenvalue weighted by molar-refractivity contribution is 0.0967. The van der Waals surface area contributed by atoms with Gasteiger partial charge in [-0.05, 0) is 74.4 Å². The van der Waals surface area contributed by atoms with E-state index < -0.39 is 10.0 Å². The molecule has 0 spiro atoms. The van der Waals surface area contributed by atoms with E-state index in [-0.39, 0.29) is 17.7 Å². The number of hydrazine groups is 1. The minimum atomic E-state index is -3.55. The van der Waals surface area contributed by atoms with E-state index in [1.807, 2.05) is 59.6 Å². The van der Waals surface area contributed by atoms with Gasteiger partial charge in [-0.2, -0.15) is 0 Å². The number of sulfonamides is 1. The number of carbonyl (C=O) groups excluding carboxylic acids is 1. The number of hydrogen-bond donors (Lipinski definition) is 1. The molecule has 1 atom stereocenters. The van der Waals surface area contributed by atoms with Crippen LogP contribution in [0, 0.1) is 5.92 Å². The van der Waals surface area contributed by atoms with Crippen LogP contribution in [0.3, 0.4) is 0 Å². The molecule has 2 aromatic rings. The second-order valence-corrected chi connectivity index (χ2v) is 10.0. The zero-order valence-electron chi connectivity index (χ0n) is 18.2. The number of hydrogen-bond acceptors (Lipinski definition) is 5. The molecule has 6 nitrogen and oxygen atoms in total. The molecule has 1 heterocycles. The first-order chi connectivity index (χ1) is 15.5. The summed E-state index contributed by atoms with van der Waals surface area (Å²) in [6, 6.07) is 16.9. The predicted molar refractivity (Wildman–Crippen MR) is 125 cm³/mol. The fraction of sp³-hybridized carbons (Fsp3) is 0.400. The molecular weight excluding hydrogens is 424 g/mol. The van der Waals surface area contributed by atoms with Crippen LogP contribution in [0.1, 0.15) is 54.4 Å². The van der Waals surface area contributed by atoms with Crippen LogP contribution in [0.25, 0.3) is 6.08 Å². The molecule has 2 fully saturated rings. The Bertz CT molecular complexity index is 1030. The van der Waals surface area contributed by atoms with Gasteiger partial charge in [0.2, 0.25) is 10.0 Å². The van der Waals surface area contributed by atoms with E-state index in [1.165, 1.54) is 5.41 Å². The van der Waals surface area contributed by atoms with E-state index >= 15 is 0 Å². The van der Waals surface area contributed by atoms with Gasteiger partial charge in [0, 0.05) is 29.5 Å². The number of rotatable bonds is 11. The van der Waals surface area contributed by atoms with Crippen molar-refractivity contribution in [3.8, 4) is 5.75 Å². The standard InChI is InChI=1S/C25H30N2O4S/c28-25(21-10-11-21)22-12-14-24(15-13-22)31-18-5-9-23-8-4-17-27(23)26-32(29,30)19-16-20-6-2-1-3-7-20/h1-3,6-7,12-16,19,21,23,26H,4-5,8-11,17-18H2/b19-16+. The molecule has 170 valence electrons. The average molecular weight is 455 g/mol. The Morgan fingerprint density at radius 2 is 1.81 bits per heavy atom. The number of ether oxygens (including phenoxy) is 1. The van der Waals surface area contributed by atoms with Crippen molar-refractivity contribution in [1.82, 2.24) is 9.84 Å². The van der Waals surface area contributed by atoms with E-state index in [9.17, 15) is 13.2 Å². The molecule has 0 radical (unpaired) electrons. The van der Waals surface area contributed by atoms with Crippen molar-refractivity contribution in [3.05, 3.63) is 71.1 Å². The van der Waals surface area contributed by atoms with Gasteiger partial charge < -0.3 is 4.74 Å². The molecule has 1 aliphatic heterocycles. The molecule has 0 amide bonds. The SMILES string of the molecule is O=C(c1ccc(OCCCC2CCCN2NS(=O)(=O)/C=C/c2ccccc2)cc1)C1CC1. The molecule has 1 saturated carbocycles. The summed E-state index contributed by atoms with van der Waals surface area (Å²) < 4.78 is 30.7. The Morgan fingerprint density at radius 1 is 1.06 bits per heavy atom. The van der Waals surface area contributed by atoms with Crippen LogP contribution >= 0.6 is 0 Å². The molecule has 2 aromatic carbocycles. The zero-order chi connectivity index (χ0) is 22.4. The minimum absolute atomic E-state index is 0.164. The minimum Gasteiger partial charge on any atom is -0.494 e. The van der Waals surface area contributed by atoms with Crippen LogP contribution in [-0.4, -0.2) is 38.4 Å². The highest BCUT2D eigenvalue weighted by molar-refractivity contribution is 7.92. The third-order valence-electron chi connectivity index (χ3n) is 5.90. The maximum Gasteiger partial charge on any atom is 0.246 e. The van der Waals surface area contributed by atoms with Crippen molar-refractivity contribution < 1.29 is 17.9 Å². The quantitative estimate of drug-likeness (QED) is 0.402. The smallest absolute Gasteiger partial charge is 0.246 e. The van der Waals surface area contributed by atoms with Crippen LogP contribution in [0.4, 0.5) is 0 Å². The molecule has 7 heteroatoms. The van der Waals surface area contributed by atoms with E-state index in [0.717, 1.165) is 55.4 Å². The number of nitrogens with one attached hydrogen (secondary N) is 1. The molecule has 1 unspecified atom stereocenters. The molecule has 0 aromatic heterocycles. The highest BCUT2D eigenvalue weighted by atomic mass is 32.2. The fourth-order valence-corrected chi connectivity index (χ4v) is 4.95. The summed E-state index contributed by atoms with van der Waals surface area (Å²) in [7, 11) is -3.55. The predicted octanol–water partition coefficient (Wildman–Crippen LogP) is 4.41. The van der Waals surface area contributed by atoms with Crippen LogP contribution in [0.2, 0.25) is 0 Å². The van der Waals surface area contributed by atoms with Gasteiger partial charge >= 0.3 is 0 Å². The fourth-order valence-electron chi connectivity index (χ4n) is 3.99. The summed E-state index contributed by atoms with van der Waals surface area (Å²) in [4.78, 5) is 14.8. The third kappa shape index (κ3) is 6.51. The summed E-state index contributed by atoms with van der Waals surface area (Å²) in [6.45, 7) is 1.27. The van der Waals surface area contributed by atoms with Crippen molar-refractivity contribution in [2.24, 2.45) is 5.92 Å². The molecule has 32 heavy (non-hydrogen) atoms. The maximum absolute atomic E-state index is 12.5. The molecule has 2 aliphatic rings. The lowest BCUT2D eigenvalue weighted by atomic mass is 10.1. The average Bonchev–Trinajstić information content (AvgIpc) is 3.57. The number of nitrogens with zero attached hydrogens (tertiary/aromatic N) is 1. The second-order valence-electron chi connectivity index (χ2n) is 8.49. The summed E-state index contributed by atoms with van der Waals surface area (Å²) >= 11 is 0. The lowest BCUT2D eigenvalue weighted by Gasteiger charge is -2.24. The molecule has 1 saturated heterocycles. The van der Waals surface area contributed by atoms with Crippen molar-refractivity contribution in [2.75, 3.05) is 13.2 Å². The normalized spacial score (nSPS) is 19.4. The monoisotopic (exact) mass is 454 g/mol. The Kier molecular flexibility index (Phi) is 7.40. The van der Waals surface area contributed by atoms with Gasteiger partial charge in [0.05, 0.1) is 6.61 Å². The first-order valence-electron chi connectivity index (χ1n) is 11.3. The van der Waals surface area contributed by atoms with Crippen LogP contribution < -0.4 is 9.57 Å². The van der Waals surface area contributed by atoms with Crippen molar-refractivity contribution in [2.45, 2.75) is 44.6 Å². The molecular formula is C25H30N2O4S. The van der Waals surface area contributed by atoms with Gasteiger partial charge in [-0.25, -0.2) is 13.4 Å². The largest absolute Gasteiger partial charge is 0.494 e. The second kappa shape index (κ2) is 10.4. The van der Waals surface area contributed by atoms with Gasteiger partial charge in [-0.3, -0.25) is 4.79 Å². The van der Waals surface area contributed by atoms with Gasteiger partial charge in [0.1, 0.15) is 5.75 Å². The summed E-state index contributed by atoms with van der Waals surface area (Å²) in [5.74, 6) is 1.22. The summed E-state index contributed by atoms with van der Waals surface area (Å²) in [6.07, 6.45) is 7.22. The number of ketones is 1. The van der Waals surface area contributed by atoms with E-state index in [1.54, 1.807) is 6.08 Å². The zero-order valence-corrected chi connectivity index (χ0v) is 19.0. The first-order valence-corrected chi connectivity index (χ1v) is 12.8. The number of Topliss-reactive ketones (excluding diaryl/α,β-unsaturated/α-hetero) is 1. The Labute approximate surface area is 190 Å². The first kappa shape index (κ1) is 22.7. The summed E-state index contributed by atoms with van der Waals surface area (Å²) in [5, 5.41) is 3.06. The molecule has 0 bridgehead atoms. The van der Waals surface area contributed by atoms with Gasteiger partial charge in [0.15, 0.2) is 5.78 Å². The summed E-state index contributed by atoms with van der Waals surface area (Å²) in [5.41, 5.74) is 1.60. The van der Waals surface area contributed by atoms with Gasteiger partial charge in [-0.15, -0.1) is 4.83 Å². The Hall–Kier alpha value is -2.48. The van der Waals surface area contributed by atoms with Crippen LogP contribution in [0.5, 0.6) is 5.75 Å². The van der Waals surface area contributed by atoms with Crippen LogP contribution in [0.15, 0.2) is 60.0 Å². The number of carbonyl (C=O) groups is 1. The number of benzene rings is 2. The maximum atomic E-state index is 12.5. The van der Waals surface area contributed by atoms with Gasteiger partial charge in [0.25, 0.3) is 0 Å². The van der Waals surface area contributed by atoms with E-state index in [0.29, 0.717) is 13.2 Å². The van der Waals surface area contributed by atoms with Crippen molar-refractivity contribution >= 4 is 21.9 Å². The van der Waals surface area contributed by atoms with Crippen molar-refractivity contribution in [3.63, 3.8) is 0 Å². The third-order valence-corrected chi connectivity index (χ3v) is 6.88. The van der Waals surface area contributed by atoms with Crippen LogP contribution in [-0.2, 0) is 10.0 Å².